The van der Waals surface area contributed by atoms with Crippen LogP contribution in [0, 0.1) is 0 Å². The Hall–Kier alpha value is -1.98. The highest BCUT2D eigenvalue weighted by Gasteiger charge is 2.54. The molecule has 1 saturated heterocycles. The van der Waals surface area contributed by atoms with E-state index in [1.807, 2.05) is 0 Å². The van der Waals surface area contributed by atoms with E-state index in [2.05, 4.69) is 41.5 Å². The molecule has 11 heteroatoms. The maximum atomic E-state index is 12.0. The zero-order valence-electron chi connectivity index (χ0n) is 21.9. The van der Waals surface area contributed by atoms with Crippen LogP contribution in [0.15, 0.2) is 0 Å². The van der Waals surface area contributed by atoms with Crippen LogP contribution < -0.4 is 0 Å². The van der Waals surface area contributed by atoms with Crippen molar-refractivity contribution in [2.75, 3.05) is 6.61 Å². The minimum atomic E-state index is -2.35. The maximum Gasteiger partial charge on any atom is 0.305 e. The van der Waals surface area contributed by atoms with Gasteiger partial charge in [-0.05, 0) is 16.6 Å². The fourth-order valence-corrected chi connectivity index (χ4v) is 10.4. The molecule has 1 rings (SSSR count). The van der Waals surface area contributed by atoms with E-state index in [4.69, 9.17) is 28.1 Å². The second-order valence-corrected chi connectivity index (χ2v) is 15.0. The lowest BCUT2D eigenvalue weighted by molar-refractivity contribution is -0.299. The molecule has 0 amide bonds. The van der Waals surface area contributed by atoms with Crippen molar-refractivity contribution in [1.82, 2.24) is 0 Å². The first-order valence-electron chi connectivity index (χ1n) is 11.6. The van der Waals surface area contributed by atoms with Gasteiger partial charge in [0.05, 0.1) is 6.61 Å². The van der Waals surface area contributed by atoms with Gasteiger partial charge in [-0.15, -0.1) is 0 Å². The summed E-state index contributed by atoms with van der Waals surface area (Å²) in [5.41, 5.74) is 0.807. The van der Waals surface area contributed by atoms with E-state index < -0.39 is 62.9 Å². The average Bonchev–Trinajstić information content (AvgIpc) is 2.65. The molecule has 196 valence electrons. The van der Waals surface area contributed by atoms with E-state index in [9.17, 15) is 19.2 Å². The summed E-state index contributed by atoms with van der Waals surface area (Å²) in [6.07, 6.45) is -6.11. The predicted octanol–water partition coefficient (Wildman–Crippen LogP) is 3.26. The third kappa shape index (κ3) is 7.51. The Bertz CT molecular complexity index is 713. The molecule has 1 heterocycles. The van der Waals surface area contributed by atoms with Gasteiger partial charge in [-0.2, -0.15) is 0 Å². The molecule has 0 aliphatic carbocycles. The number of ether oxygens (including phenoxy) is 5. The Morgan fingerprint density at radius 3 is 1.41 bits per heavy atom. The molecular formula is C23H40O10Si. The first-order valence-corrected chi connectivity index (χ1v) is 13.8. The highest BCUT2D eigenvalue weighted by atomic mass is 28.4. The van der Waals surface area contributed by atoms with E-state index in [0.29, 0.717) is 0 Å². The second-order valence-electron chi connectivity index (χ2n) is 9.50. The van der Waals surface area contributed by atoms with E-state index in [0.717, 1.165) is 6.92 Å². The summed E-state index contributed by atoms with van der Waals surface area (Å²) in [4.78, 5) is 47.4. The summed E-state index contributed by atoms with van der Waals surface area (Å²) in [5.74, 6) is -2.75. The van der Waals surface area contributed by atoms with Crippen molar-refractivity contribution in [2.45, 2.75) is 117 Å². The van der Waals surface area contributed by atoms with Crippen LogP contribution in [0.25, 0.3) is 0 Å². The molecule has 0 saturated carbocycles. The fraction of sp³-hybridized carbons (Fsp3) is 0.826. The average molecular weight is 505 g/mol. The van der Waals surface area contributed by atoms with Gasteiger partial charge < -0.3 is 28.1 Å². The number of hydrogen-bond donors (Lipinski definition) is 0. The van der Waals surface area contributed by atoms with Crippen molar-refractivity contribution >= 4 is 32.2 Å². The summed E-state index contributed by atoms with van der Waals surface area (Å²) in [5, 5.41) is 0. The Labute approximate surface area is 203 Å². The number of rotatable bonds is 10. The molecule has 0 aromatic heterocycles. The van der Waals surface area contributed by atoms with Crippen LogP contribution in [0.2, 0.25) is 16.6 Å². The predicted molar refractivity (Wildman–Crippen MR) is 124 cm³/mol. The lowest BCUT2D eigenvalue weighted by atomic mass is 9.98. The Morgan fingerprint density at radius 2 is 1.03 bits per heavy atom. The third-order valence-electron chi connectivity index (χ3n) is 5.98. The smallest absolute Gasteiger partial charge is 0.305 e. The van der Waals surface area contributed by atoms with Crippen molar-refractivity contribution in [2.24, 2.45) is 0 Å². The molecule has 0 N–H and O–H groups in total. The molecule has 5 atom stereocenters. The van der Waals surface area contributed by atoms with Gasteiger partial charge in [0.25, 0.3) is 0 Å². The summed E-state index contributed by atoms with van der Waals surface area (Å²) in [7, 11) is -2.35. The van der Waals surface area contributed by atoms with Crippen LogP contribution in [0.4, 0.5) is 0 Å². The third-order valence-corrected chi connectivity index (χ3v) is 12.1. The molecule has 34 heavy (non-hydrogen) atoms. The van der Waals surface area contributed by atoms with Crippen LogP contribution in [0.3, 0.4) is 0 Å². The molecule has 1 aliphatic heterocycles. The SMILES string of the molecule is CC(=O)OC1O[C@H](CO[Si](C(C)C)(C(C)C)C(C)C)[C@@H](OC(C)=O)[C@H](OC(C)=O)[C@@H]1OC(C)=O. The van der Waals surface area contributed by atoms with Gasteiger partial charge in [0, 0.05) is 27.7 Å². The Kier molecular flexibility index (Phi) is 11.2. The number of esters is 4. The monoisotopic (exact) mass is 504 g/mol. The number of carbonyl (C=O) groups excluding carboxylic acids is 4. The zero-order valence-corrected chi connectivity index (χ0v) is 22.9. The molecule has 10 nitrogen and oxygen atoms in total. The molecule has 0 aromatic rings. The van der Waals surface area contributed by atoms with Gasteiger partial charge >= 0.3 is 23.9 Å². The summed E-state index contributed by atoms with van der Waals surface area (Å²) < 4.78 is 34.1. The van der Waals surface area contributed by atoms with E-state index in [1.54, 1.807) is 0 Å². The van der Waals surface area contributed by atoms with E-state index in [-0.39, 0.29) is 23.2 Å². The summed E-state index contributed by atoms with van der Waals surface area (Å²) in [6.45, 7) is 17.4. The van der Waals surface area contributed by atoms with Crippen molar-refractivity contribution in [3.05, 3.63) is 0 Å². The molecule has 0 spiro atoms. The van der Waals surface area contributed by atoms with Gasteiger partial charge in [-0.25, -0.2) is 0 Å². The van der Waals surface area contributed by atoms with Crippen molar-refractivity contribution in [3.63, 3.8) is 0 Å². The van der Waals surface area contributed by atoms with Gasteiger partial charge in [0.1, 0.15) is 6.10 Å². The molecular weight excluding hydrogens is 464 g/mol. The highest BCUT2D eigenvalue weighted by molar-refractivity contribution is 6.77. The largest absolute Gasteiger partial charge is 0.456 e. The summed E-state index contributed by atoms with van der Waals surface area (Å²) in [6, 6.07) is 0. The lowest BCUT2D eigenvalue weighted by Crippen LogP contribution is -2.63. The van der Waals surface area contributed by atoms with Gasteiger partial charge in [0.15, 0.2) is 20.5 Å². The van der Waals surface area contributed by atoms with Crippen LogP contribution in [-0.4, -0.2) is 69.5 Å². The Morgan fingerprint density at radius 1 is 0.647 bits per heavy atom. The van der Waals surface area contributed by atoms with E-state index in [1.165, 1.54) is 20.8 Å². The van der Waals surface area contributed by atoms with Crippen LogP contribution >= 0.6 is 0 Å². The molecule has 1 fully saturated rings. The molecule has 0 radical (unpaired) electrons. The van der Waals surface area contributed by atoms with Gasteiger partial charge in [0.2, 0.25) is 12.4 Å². The highest BCUT2D eigenvalue weighted by Crippen LogP contribution is 2.43. The van der Waals surface area contributed by atoms with Crippen molar-refractivity contribution in [3.8, 4) is 0 Å². The summed E-state index contributed by atoms with van der Waals surface area (Å²) >= 11 is 0. The van der Waals surface area contributed by atoms with Gasteiger partial charge in [-0.3, -0.25) is 19.2 Å². The first-order chi connectivity index (χ1) is 15.6. The molecule has 0 bridgehead atoms. The molecule has 1 unspecified atom stereocenters. The van der Waals surface area contributed by atoms with Gasteiger partial charge in [-0.1, -0.05) is 41.5 Å². The fourth-order valence-electron chi connectivity index (χ4n) is 4.97. The van der Waals surface area contributed by atoms with Crippen LogP contribution in [-0.2, 0) is 47.3 Å². The first kappa shape index (κ1) is 30.0. The van der Waals surface area contributed by atoms with Crippen LogP contribution in [0.5, 0.6) is 0 Å². The minimum Gasteiger partial charge on any atom is -0.456 e. The normalized spacial score (nSPS) is 25.3. The standard InChI is InChI=1S/C23H40O10Si/c1-12(2)34(13(3)4,14(5)6)28-11-19-20(29-15(7)24)21(30-16(8)25)22(31-17(9)26)23(33-19)32-18(10)27/h12-14,19-23H,11H2,1-10H3/t19-,20-,21+,22+,23?/m1/s1. The number of carbonyl (C=O) groups is 4. The van der Waals surface area contributed by atoms with Crippen molar-refractivity contribution < 1.29 is 47.3 Å². The quantitative estimate of drug-likeness (QED) is 0.249. The zero-order chi connectivity index (χ0) is 26.4. The second kappa shape index (κ2) is 12.6. The molecule has 1 aliphatic rings. The molecule has 0 aromatic carbocycles. The van der Waals surface area contributed by atoms with Crippen molar-refractivity contribution in [1.29, 1.82) is 0 Å². The maximum absolute atomic E-state index is 12.0. The van der Waals surface area contributed by atoms with Crippen LogP contribution in [0.1, 0.15) is 69.2 Å². The Balaban J connectivity index is 3.47. The number of hydrogen-bond acceptors (Lipinski definition) is 10. The topological polar surface area (TPSA) is 124 Å². The van der Waals surface area contributed by atoms with E-state index >= 15 is 0 Å². The lowest BCUT2D eigenvalue weighted by Gasteiger charge is -2.46. The minimum absolute atomic E-state index is 0.00102.